The number of esters is 1. The minimum atomic E-state index is -0.608. The van der Waals surface area contributed by atoms with Gasteiger partial charge in [-0.1, -0.05) is 47.7 Å². The van der Waals surface area contributed by atoms with E-state index in [1.807, 2.05) is 48.5 Å². The summed E-state index contributed by atoms with van der Waals surface area (Å²) >= 11 is 1.28. The quantitative estimate of drug-likeness (QED) is 0.590. The van der Waals surface area contributed by atoms with E-state index in [-0.39, 0.29) is 12.4 Å². The third-order valence-electron chi connectivity index (χ3n) is 5.24. The third-order valence-corrected chi connectivity index (χ3v) is 6.22. The predicted molar refractivity (Wildman–Crippen MR) is 115 cm³/mol. The van der Waals surface area contributed by atoms with E-state index >= 15 is 0 Å². The number of thiazole rings is 1. The number of ether oxygens (including phenoxy) is 3. The van der Waals surface area contributed by atoms with Crippen molar-refractivity contribution in [3.63, 3.8) is 0 Å². The van der Waals surface area contributed by atoms with Crippen LogP contribution in [0.5, 0.6) is 11.5 Å². The second-order valence-corrected chi connectivity index (χ2v) is 8.11. The van der Waals surface area contributed by atoms with Crippen molar-refractivity contribution in [1.29, 1.82) is 0 Å². The molecule has 0 spiro atoms. The van der Waals surface area contributed by atoms with Gasteiger partial charge in [-0.2, -0.15) is 0 Å². The lowest BCUT2D eigenvalue weighted by atomic mass is 9.96. The molecule has 0 amide bonds. The fraction of sp³-hybridized carbons (Fsp3) is 0.174. The Bertz CT molecular complexity index is 1400. The van der Waals surface area contributed by atoms with Gasteiger partial charge < -0.3 is 14.2 Å². The van der Waals surface area contributed by atoms with Crippen molar-refractivity contribution < 1.29 is 19.0 Å². The minimum absolute atomic E-state index is 0.188. The molecule has 0 aliphatic carbocycles. The van der Waals surface area contributed by atoms with Crippen LogP contribution in [0.3, 0.4) is 0 Å². The van der Waals surface area contributed by atoms with E-state index in [1.165, 1.54) is 18.4 Å². The van der Waals surface area contributed by atoms with E-state index in [2.05, 4.69) is 4.99 Å². The number of allylic oxidation sites excluding steroid dienone is 1. The number of hydrogen-bond donors (Lipinski definition) is 0. The predicted octanol–water partition coefficient (Wildman–Crippen LogP) is 2.14. The van der Waals surface area contributed by atoms with E-state index in [9.17, 15) is 9.59 Å². The maximum Gasteiger partial charge on any atom is 0.338 e. The highest BCUT2D eigenvalue weighted by atomic mass is 32.1. The van der Waals surface area contributed by atoms with Crippen LogP contribution in [0.15, 0.2) is 69.6 Å². The summed E-state index contributed by atoms with van der Waals surface area (Å²) in [5.41, 5.74) is 2.30. The van der Waals surface area contributed by atoms with E-state index in [0.29, 0.717) is 32.1 Å². The zero-order chi connectivity index (χ0) is 21.5. The molecule has 0 saturated carbocycles. The summed E-state index contributed by atoms with van der Waals surface area (Å²) in [6, 6.07) is 14.3. The lowest BCUT2D eigenvalue weighted by Crippen LogP contribution is -2.39. The molecule has 2 aliphatic heterocycles. The van der Waals surface area contributed by atoms with Crippen molar-refractivity contribution in [2.24, 2.45) is 4.99 Å². The zero-order valence-electron chi connectivity index (χ0n) is 16.8. The summed E-state index contributed by atoms with van der Waals surface area (Å²) in [5.74, 6) is 0.827. The van der Waals surface area contributed by atoms with E-state index in [4.69, 9.17) is 14.2 Å². The summed E-state index contributed by atoms with van der Waals surface area (Å²) in [7, 11) is 1.33. The van der Waals surface area contributed by atoms with Crippen LogP contribution in [0.4, 0.5) is 0 Å². The molecule has 3 heterocycles. The van der Waals surface area contributed by atoms with E-state index < -0.39 is 12.0 Å². The SMILES string of the molecule is COC(=O)C1=C(C)N=c2s/c(=C/c3ccc4c(c3)OCO4)c(=O)n2C1c1ccccc1. The Morgan fingerprint density at radius 2 is 1.97 bits per heavy atom. The Morgan fingerprint density at radius 1 is 1.19 bits per heavy atom. The standard InChI is InChI=1S/C23H18N2O5S/c1-13-19(22(27)28-2)20(15-6-4-3-5-7-15)25-21(26)18(31-23(25)24-13)11-14-8-9-16-17(10-14)30-12-29-16/h3-11,20H,12H2,1-2H3/b18-11+. The minimum Gasteiger partial charge on any atom is -0.466 e. The summed E-state index contributed by atoms with van der Waals surface area (Å²) in [6.07, 6.45) is 1.80. The van der Waals surface area contributed by atoms with Gasteiger partial charge in [-0.15, -0.1) is 0 Å². The molecule has 3 aromatic rings. The van der Waals surface area contributed by atoms with Crippen molar-refractivity contribution in [3.05, 3.63) is 90.6 Å². The molecule has 7 nitrogen and oxygen atoms in total. The Labute approximate surface area is 181 Å². The van der Waals surface area contributed by atoms with Gasteiger partial charge in [0.15, 0.2) is 16.3 Å². The van der Waals surface area contributed by atoms with Crippen LogP contribution in [-0.4, -0.2) is 24.4 Å². The van der Waals surface area contributed by atoms with Crippen molar-refractivity contribution >= 4 is 23.4 Å². The molecule has 0 radical (unpaired) electrons. The average Bonchev–Trinajstić information content (AvgIpc) is 3.37. The maximum absolute atomic E-state index is 13.5. The van der Waals surface area contributed by atoms with Crippen molar-refractivity contribution in [2.45, 2.75) is 13.0 Å². The Morgan fingerprint density at radius 3 is 2.74 bits per heavy atom. The lowest BCUT2D eigenvalue weighted by molar-refractivity contribution is -0.136. The summed E-state index contributed by atoms with van der Waals surface area (Å²) in [4.78, 5) is 31.1. The van der Waals surface area contributed by atoms with Gasteiger partial charge >= 0.3 is 5.97 Å². The summed E-state index contributed by atoms with van der Waals surface area (Å²) < 4.78 is 17.9. The number of aromatic nitrogens is 1. The number of methoxy groups -OCH3 is 1. The molecule has 5 rings (SSSR count). The highest BCUT2D eigenvalue weighted by Crippen LogP contribution is 2.33. The van der Waals surface area contributed by atoms with Crippen LogP contribution in [0, 0.1) is 0 Å². The normalized spacial score (nSPS) is 17.4. The van der Waals surface area contributed by atoms with Crippen LogP contribution in [0.1, 0.15) is 24.1 Å². The molecule has 1 atom stereocenters. The molecular formula is C23H18N2O5S. The summed E-state index contributed by atoms with van der Waals surface area (Å²) in [6.45, 7) is 1.95. The maximum atomic E-state index is 13.5. The fourth-order valence-electron chi connectivity index (χ4n) is 3.80. The van der Waals surface area contributed by atoms with Crippen LogP contribution in [-0.2, 0) is 9.53 Å². The van der Waals surface area contributed by atoms with Gasteiger partial charge in [0.05, 0.1) is 29.0 Å². The first-order chi connectivity index (χ1) is 15.1. The fourth-order valence-corrected chi connectivity index (χ4v) is 4.84. The van der Waals surface area contributed by atoms with E-state index in [1.54, 1.807) is 17.6 Å². The topological polar surface area (TPSA) is 79.1 Å². The number of rotatable bonds is 3. The van der Waals surface area contributed by atoms with Gasteiger partial charge in [0.1, 0.15) is 0 Å². The average molecular weight is 434 g/mol. The molecule has 0 saturated heterocycles. The Kier molecular flexibility index (Phi) is 4.71. The van der Waals surface area contributed by atoms with Crippen LogP contribution in [0.25, 0.3) is 6.08 Å². The highest BCUT2D eigenvalue weighted by Gasteiger charge is 2.32. The van der Waals surface area contributed by atoms with Crippen molar-refractivity contribution in [3.8, 4) is 11.5 Å². The van der Waals surface area contributed by atoms with Gasteiger partial charge in [0.2, 0.25) is 6.79 Å². The zero-order valence-corrected chi connectivity index (χ0v) is 17.6. The molecule has 0 N–H and O–H groups in total. The van der Waals surface area contributed by atoms with Gasteiger partial charge in [-0.05, 0) is 36.3 Å². The molecule has 0 bridgehead atoms. The van der Waals surface area contributed by atoms with Gasteiger partial charge in [0.25, 0.3) is 5.56 Å². The van der Waals surface area contributed by atoms with Crippen molar-refractivity contribution in [1.82, 2.24) is 4.57 Å². The molecule has 1 unspecified atom stereocenters. The highest BCUT2D eigenvalue weighted by molar-refractivity contribution is 7.07. The molecular weight excluding hydrogens is 416 g/mol. The van der Waals surface area contributed by atoms with Crippen LogP contribution < -0.4 is 24.4 Å². The summed E-state index contributed by atoms with van der Waals surface area (Å²) in [5, 5.41) is 0. The Balaban J connectivity index is 1.71. The monoisotopic (exact) mass is 434 g/mol. The second-order valence-electron chi connectivity index (χ2n) is 7.10. The van der Waals surface area contributed by atoms with Crippen molar-refractivity contribution in [2.75, 3.05) is 13.9 Å². The number of carbonyl (C=O) groups excluding carboxylic acids is 1. The van der Waals surface area contributed by atoms with Crippen LogP contribution >= 0.6 is 11.3 Å². The second kappa shape index (κ2) is 7.55. The van der Waals surface area contributed by atoms with E-state index in [0.717, 1.165) is 11.1 Å². The smallest absolute Gasteiger partial charge is 0.338 e. The number of fused-ring (bicyclic) bond motifs is 2. The largest absolute Gasteiger partial charge is 0.466 e. The number of carbonyl (C=O) groups is 1. The molecule has 8 heteroatoms. The molecule has 1 aromatic heterocycles. The number of nitrogens with zero attached hydrogens (tertiary/aromatic N) is 2. The molecule has 2 aliphatic rings. The van der Waals surface area contributed by atoms with Gasteiger partial charge in [-0.3, -0.25) is 9.36 Å². The van der Waals surface area contributed by atoms with Crippen LogP contribution in [0.2, 0.25) is 0 Å². The van der Waals surface area contributed by atoms with Gasteiger partial charge in [0, 0.05) is 0 Å². The molecule has 0 fully saturated rings. The molecule has 156 valence electrons. The first kappa shape index (κ1) is 19.3. The third kappa shape index (κ3) is 3.25. The van der Waals surface area contributed by atoms with Gasteiger partial charge in [-0.25, -0.2) is 9.79 Å². The first-order valence-corrected chi connectivity index (χ1v) is 10.4. The molecule has 2 aromatic carbocycles. The first-order valence-electron chi connectivity index (χ1n) is 9.62. The number of benzene rings is 2. The Hall–Kier alpha value is -3.65. The number of hydrogen-bond acceptors (Lipinski definition) is 7. The molecule has 31 heavy (non-hydrogen) atoms. The lowest BCUT2D eigenvalue weighted by Gasteiger charge is -2.24.